The number of hydrogen-bond acceptors (Lipinski definition) is 3. The number of anilines is 1. The summed E-state index contributed by atoms with van der Waals surface area (Å²) < 4.78 is 5.35. The van der Waals surface area contributed by atoms with Crippen LogP contribution in [0.4, 0.5) is 5.69 Å². The molecule has 6 heteroatoms. The predicted octanol–water partition coefficient (Wildman–Crippen LogP) is 2.04. The Kier molecular flexibility index (Phi) is 9.22. The van der Waals surface area contributed by atoms with Gasteiger partial charge in [-0.05, 0) is 19.1 Å². The molecule has 0 radical (unpaired) electrons. The quantitative estimate of drug-likeness (QED) is 0.344. The summed E-state index contributed by atoms with van der Waals surface area (Å²) in [6.07, 6.45) is 0. The summed E-state index contributed by atoms with van der Waals surface area (Å²) in [7, 11) is 1.84. The standard InChI is InChI=1S/C16H26N4O.HI/c1-3-21-14-9-18-16(17-2)20-12-10-19(11-13-20)15-7-5-4-6-8-15;/h4-8H,3,9-14H2,1-2H3,(H,17,18);1H. The highest BCUT2D eigenvalue weighted by atomic mass is 127. The number of halogens is 1. The van der Waals surface area contributed by atoms with E-state index >= 15 is 0 Å². The third kappa shape index (κ3) is 5.64. The highest BCUT2D eigenvalue weighted by Crippen LogP contribution is 2.15. The Hall–Kier alpha value is -1.02. The van der Waals surface area contributed by atoms with Crippen molar-refractivity contribution in [1.29, 1.82) is 0 Å². The summed E-state index contributed by atoms with van der Waals surface area (Å²) in [6.45, 7) is 8.32. The lowest BCUT2D eigenvalue weighted by atomic mass is 10.2. The molecule has 0 bridgehead atoms. The molecule has 1 heterocycles. The number of hydrogen-bond donors (Lipinski definition) is 1. The van der Waals surface area contributed by atoms with Gasteiger partial charge in [-0.15, -0.1) is 24.0 Å². The molecule has 124 valence electrons. The maximum Gasteiger partial charge on any atom is 0.193 e. The second kappa shape index (κ2) is 10.7. The van der Waals surface area contributed by atoms with Gasteiger partial charge in [0.15, 0.2) is 5.96 Å². The van der Waals surface area contributed by atoms with Crippen molar-refractivity contribution in [3.05, 3.63) is 30.3 Å². The Bertz CT molecular complexity index is 433. The van der Waals surface area contributed by atoms with Gasteiger partial charge in [0.2, 0.25) is 0 Å². The lowest BCUT2D eigenvalue weighted by Gasteiger charge is -2.37. The molecule has 22 heavy (non-hydrogen) atoms. The fraction of sp³-hybridized carbons (Fsp3) is 0.562. The van der Waals surface area contributed by atoms with E-state index in [1.54, 1.807) is 0 Å². The van der Waals surface area contributed by atoms with Gasteiger partial charge in [0.05, 0.1) is 6.61 Å². The molecule has 1 N–H and O–H groups in total. The van der Waals surface area contributed by atoms with Crippen molar-refractivity contribution in [3.63, 3.8) is 0 Å². The summed E-state index contributed by atoms with van der Waals surface area (Å²) >= 11 is 0. The lowest BCUT2D eigenvalue weighted by Crippen LogP contribution is -2.53. The largest absolute Gasteiger partial charge is 0.380 e. The van der Waals surface area contributed by atoms with Crippen LogP contribution in [-0.4, -0.2) is 63.8 Å². The van der Waals surface area contributed by atoms with Crippen molar-refractivity contribution in [2.24, 2.45) is 4.99 Å². The maximum absolute atomic E-state index is 5.35. The van der Waals surface area contributed by atoms with Gasteiger partial charge in [0.1, 0.15) is 0 Å². The van der Waals surface area contributed by atoms with Crippen LogP contribution in [0.5, 0.6) is 0 Å². The Morgan fingerprint density at radius 2 is 1.86 bits per heavy atom. The monoisotopic (exact) mass is 418 g/mol. The van der Waals surface area contributed by atoms with Crippen LogP contribution in [0.25, 0.3) is 0 Å². The van der Waals surface area contributed by atoms with Gasteiger partial charge < -0.3 is 19.9 Å². The summed E-state index contributed by atoms with van der Waals surface area (Å²) in [5.41, 5.74) is 1.30. The molecular weight excluding hydrogens is 391 g/mol. The molecule has 0 unspecified atom stereocenters. The van der Waals surface area contributed by atoms with Gasteiger partial charge in [-0.3, -0.25) is 4.99 Å². The first-order valence-corrected chi connectivity index (χ1v) is 7.68. The van der Waals surface area contributed by atoms with E-state index in [1.807, 2.05) is 14.0 Å². The normalized spacial score (nSPS) is 15.5. The number of benzene rings is 1. The zero-order chi connectivity index (χ0) is 14.9. The van der Waals surface area contributed by atoms with Crippen molar-refractivity contribution < 1.29 is 4.74 Å². The van der Waals surface area contributed by atoms with Gasteiger partial charge in [0.25, 0.3) is 0 Å². The molecule has 1 saturated heterocycles. The molecule has 2 rings (SSSR count). The van der Waals surface area contributed by atoms with Crippen LogP contribution < -0.4 is 10.2 Å². The SMILES string of the molecule is CCOCCNC(=NC)N1CCN(c2ccccc2)CC1.I. The fourth-order valence-corrected chi connectivity index (χ4v) is 2.53. The maximum atomic E-state index is 5.35. The third-order valence-corrected chi connectivity index (χ3v) is 3.65. The average molecular weight is 418 g/mol. The number of nitrogens with zero attached hydrogens (tertiary/aromatic N) is 3. The molecule has 0 saturated carbocycles. The highest BCUT2D eigenvalue weighted by molar-refractivity contribution is 14.0. The fourth-order valence-electron chi connectivity index (χ4n) is 2.53. The minimum Gasteiger partial charge on any atom is -0.380 e. The molecule has 0 aromatic heterocycles. The minimum absolute atomic E-state index is 0. The van der Waals surface area contributed by atoms with Crippen molar-refractivity contribution in [3.8, 4) is 0 Å². The van der Waals surface area contributed by atoms with Crippen LogP contribution >= 0.6 is 24.0 Å². The third-order valence-electron chi connectivity index (χ3n) is 3.65. The van der Waals surface area contributed by atoms with E-state index in [0.29, 0.717) is 0 Å². The highest BCUT2D eigenvalue weighted by Gasteiger charge is 2.19. The molecule has 1 aromatic rings. The lowest BCUT2D eigenvalue weighted by molar-refractivity contribution is 0.151. The molecule has 0 amide bonds. The van der Waals surface area contributed by atoms with Crippen LogP contribution in [0.1, 0.15) is 6.92 Å². The average Bonchev–Trinajstić information content (AvgIpc) is 2.56. The predicted molar refractivity (Wildman–Crippen MR) is 103 cm³/mol. The Morgan fingerprint density at radius 3 is 2.45 bits per heavy atom. The van der Waals surface area contributed by atoms with Crippen LogP contribution in [0.15, 0.2) is 35.3 Å². The summed E-state index contributed by atoms with van der Waals surface area (Å²) in [6, 6.07) is 10.6. The molecule has 1 aliphatic heterocycles. The number of ether oxygens (including phenoxy) is 1. The van der Waals surface area contributed by atoms with E-state index in [1.165, 1.54) is 5.69 Å². The second-order valence-electron chi connectivity index (χ2n) is 4.98. The molecule has 0 atom stereocenters. The summed E-state index contributed by atoms with van der Waals surface area (Å²) in [5.74, 6) is 0.974. The van der Waals surface area contributed by atoms with Crippen LogP contribution in [0.2, 0.25) is 0 Å². The first-order valence-electron chi connectivity index (χ1n) is 7.68. The van der Waals surface area contributed by atoms with Gasteiger partial charge >= 0.3 is 0 Å². The molecular formula is C16H27IN4O. The van der Waals surface area contributed by atoms with Gasteiger partial charge in [-0.2, -0.15) is 0 Å². The molecule has 1 fully saturated rings. The first-order chi connectivity index (χ1) is 10.3. The van der Waals surface area contributed by atoms with Gasteiger partial charge in [0, 0.05) is 52.1 Å². The van der Waals surface area contributed by atoms with Gasteiger partial charge in [-0.25, -0.2) is 0 Å². The van der Waals surface area contributed by atoms with E-state index in [4.69, 9.17) is 4.74 Å². The number of rotatable bonds is 5. The second-order valence-corrected chi connectivity index (χ2v) is 4.98. The number of para-hydroxylation sites is 1. The van der Waals surface area contributed by atoms with Crippen molar-refractivity contribution >= 4 is 35.6 Å². The van der Waals surface area contributed by atoms with Gasteiger partial charge in [-0.1, -0.05) is 18.2 Å². The Morgan fingerprint density at radius 1 is 1.18 bits per heavy atom. The number of guanidine groups is 1. The van der Waals surface area contributed by atoms with Crippen molar-refractivity contribution in [1.82, 2.24) is 10.2 Å². The van der Waals surface area contributed by atoms with Crippen molar-refractivity contribution in [2.75, 3.05) is 57.9 Å². The van der Waals surface area contributed by atoms with E-state index in [2.05, 4.69) is 50.4 Å². The molecule has 0 spiro atoms. The zero-order valence-electron chi connectivity index (χ0n) is 13.5. The number of nitrogens with one attached hydrogen (secondary N) is 1. The smallest absolute Gasteiger partial charge is 0.193 e. The van der Waals surface area contributed by atoms with E-state index < -0.39 is 0 Å². The zero-order valence-corrected chi connectivity index (χ0v) is 15.8. The Labute approximate surface area is 150 Å². The van der Waals surface area contributed by atoms with E-state index in [9.17, 15) is 0 Å². The van der Waals surface area contributed by atoms with Crippen LogP contribution in [-0.2, 0) is 4.74 Å². The summed E-state index contributed by atoms with van der Waals surface area (Å²) in [5, 5.41) is 3.36. The summed E-state index contributed by atoms with van der Waals surface area (Å²) in [4.78, 5) is 9.10. The van der Waals surface area contributed by atoms with E-state index in [-0.39, 0.29) is 24.0 Å². The minimum atomic E-state index is 0. The van der Waals surface area contributed by atoms with Crippen LogP contribution in [0, 0.1) is 0 Å². The molecule has 1 aromatic carbocycles. The number of piperazine rings is 1. The number of aliphatic imine (C=N–C) groups is 1. The van der Waals surface area contributed by atoms with Crippen molar-refractivity contribution in [2.45, 2.75) is 6.92 Å². The topological polar surface area (TPSA) is 40.1 Å². The Balaban J connectivity index is 0.00000242. The molecule has 5 nitrogen and oxygen atoms in total. The first kappa shape index (κ1) is 19.0. The molecule has 1 aliphatic rings. The van der Waals surface area contributed by atoms with Crippen LogP contribution in [0.3, 0.4) is 0 Å². The molecule has 0 aliphatic carbocycles. The van der Waals surface area contributed by atoms with E-state index in [0.717, 1.165) is 51.9 Å².